The van der Waals surface area contributed by atoms with Gasteiger partial charge in [-0.05, 0) is 22.3 Å². The highest BCUT2D eigenvalue weighted by Crippen LogP contribution is 2.78. The first-order valence-corrected chi connectivity index (χ1v) is 12.3. The number of thioether (sulfide) groups is 2. The molecule has 9 heteroatoms. The number of likely N-dealkylation sites (tertiary alicyclic amines) is 1. The van der Waals surface area contributed by atoms with E-state index in [1.54, 1.807) is 0 Å². The Bertz CT molecular complexity index is 1430. The molecule has 2 bridgehead atoms. The number of hydrogen-bond acceptors (Lipinski definition) is 7. The van der Waals surface area contributed by atoms with Gasteiger partial charge in [0.2, 0.25) is 11.8 Å². The van der Waals surface area contributed by atoms with Crippen molar-refractivity contribution in [3.05, 3.63) is 80.6 Å². The van der Waals surface area contributed by atoms with Crippen LogP contribution in [0.3, 0.4) is 0 Å². The van der Waals surface area contributed by atoms with Crippen LogP contribution < -0.4 is 0 Å². The summed E-state index contributed by atoms with van der Waals surface area (Å²) in [7, 11) is 2.81. The highest BCUT2D eigenvalue weighted by molar-refractivity contribution is 8.14. The molecule has 3 heterocycles. The molecule has 3 aliphatic carbocycles. The Morgan fingerprint density at radius 2 is 1.29 bits per heavy atom. The van der Waals surface area contributed by atoms with E-state index >= 15 is 0 Å². The highest BCUT2D eigenvalue weighted by atomic mass is 32.2. The van der Waals surface area contributed by atoms with Gasteiger partial charge in [0.15, 0.2) is 0 Å². The van der Waals surface area contributed by atoms with Crippen molar-refractivity contribution in [1.29, 1.82) is 0 Å². The van der Waals surface area contributed by atoms with Gasteiger partial charge in [0.1, 0.15) is 21.2 Å². The SMILES string of the molecule is CN1C(=O)C2=C(SC34C(=O)N(C)C(=O)C3(S2)C2c3ccccc3C4(C=O)c3ccccc32)C1=O. The van der Waals surface area contributed by atoms with Crippen LogP contribution in [0.4, 0.5) is 0 Å². The van der Waals surface area contributed by atoms with E-state index in [-0.39, 0.29) is 9.81 Å². The molecule has 168 valence electrons. The first kappa shape index (κ1) is 20.2. The van der Waals surface area contributed by atoms with Crippen LogP contribution >= 0.6 is 23.5 Å². The number of carbonyl (C=O) groups is 5. The summed E-state index contributed by atoms with van der Waals surface area (Å²) >= 11 is 1.95. The standard InChI is InChI=1S/C25H16N2O5S2/c1-26-19(29)17-18(20(26)30)34-25-22(32)27(2)21(31)24(25,33-17)16-12-7-3-5-9-14(12)23(25,11-28)15-10-6-4-8-13(15)16/h3-11,16H,1-2H3. The second-order valence-electron chi connectivity index (χ2n) is 9.15. The molecule has 1 fully saturated rings. The topological polar surface area (TPSA) is 91.8 Å². The fraction of sp³-hybridized carbons (Fsp3) is 0.240. The van der Waals surface area contributed by atoms with Gasteiger partial charge in [-0.15, -0.1) is 0 Å². The molecule has 2 aromatic carbocycles. The Kier molecular flexibility index (Phi) is 3.51. The normalized spacial score (nSPS) is 34.7. The molecule has 2 atom stereocenters. The number of rotatable bonds is 1. The van der Waals surface area contributed by atoms with Gasteiger partial charge < -0.3 is 4.79 Å². The van der Waals surface area contributed by atoms with Gasteiger partial charge >= 0.3 is 0 Å². The third-order valence-electron chi connectivity index (χ3n) is 8.01. The van der Waals surface area contributed by atoms with E-state index in [2.05, 4.69) is 0 Å². The molecular formula is C25H16N2O5S2. The molecule has 0 aromatic heterocycles. The second kappa shape index (κ2) is 5.90. The van der Waals surface area contributed by atoms with Crippen molar-refractivity contribution in [2.24, 2.45) is 0 Å². The number of hydrogen-bond donors (Lipinski definition) is 0. The average Bonchev–Trinajstić information content (AvgIpc) is 3.18. The number of aldehydes is 1. The molecule has 2 unspecified atom stereocenters. The molecule has 1 saturated heterocycles. The summed E-state index contributed by atoms with van der Waals surface area (Å²) in [5.74, 6) is -2.55. The van der Waals surface area contributed by atoms with E-state index in [1.807, 2.05) is 48.5 Å². The molecule has 0 radical (unpaired) electrons. The van der Waals surface area contributed by atoms with Gasteiger partial charge in [0, 0.05) is 20.0 Å². The average molecular weight is 489 g/mol. The summed E-state index contributed by atoms with van der Waals surface area (Å²) in [6, 6.07) is 14.8. The lowest BCUT2D eigenvalue weighted by Gasteiger charge is -2.63. The van der Waals surface area contributed by atoms with Gasteiger partial charge in [0.05, 0.1) is 9.81 Å². The van der Waals surface area contributed by atoms with E-state index in [1.165, 1.54) is 14.1 Å². The molecule has 0 saturated carbocycles. The largest absolute Gasteiger partial charge is 0.302 e. The van der Waals surface area contributed by atoms with Crippen molar-refractivity contribution in [3.8, 4) is 0 Å². The van der Waals surface area contributed by atoms with Crippen molar-refractivity contribution < 1.29 is 24.0 Å². The summed E-state index contributed by atoms with van der Waals surface area (Å²) in [6.45, 7) is 0. The molecule has 0 spiro atoms. The maximum atomic E-state index is 14.2. The summed E-state index contributed by atoms with van der Waals surface area (Å²) in [6.07, 6.45) is 0.781. The number of likely N-dealkylation sites (N-methyl/N-ethyl adjacent to an activating group) is 1. The van der Waals surface area contributed by atoms with Crippen molar-refractivity contribution in [2.45, 2.75) is 20.8 Å². The summed E-state index contributed by atoms with van der Waals surface area (Å²) < 4.78 is -3.14. The van der Waals surface area contributed by atoms with Gasteiger partial charge in [-0.25, -0.2) is 0 Å². The van der Waals surface area contributed by atoms with Crippen molar-refractivity contribution in [3.63, 3.8) is 0 Å². The van der Waals surface area contributed by atoms with Crippen LogP contribution in [0.1, 0.15) is 28.2 Å². The molecular weight excluding hydrogens is 472 g/mol. The number of imide groups is 2. The monoisotopic (exact) mass is 488 g/mol. The van der Waals surface area contributed by atoms with E-state index < -0.39 is 44.5 Å². The zero-order valence-electron chi connectivity index (χ0n) is 18.0. The van der Waals surface area contributed by atoms with Crippen LogP contribution in [0.5, 0.6) is 0 Å². The summed E-state index contributed by atoms with van der Waals surface area (Å²) in [4.78, 5) is 70.3. The third-order valence-corrected chi connectivity index (χ3v) is 11.6. The predicted molar refractivity (Wildman–Crippen MR) is 125 cm³/mol. The van der Waals surface area contributed by atoms with Crippen LogP contribution in [0, 0.1) is 0 Å². The van der Waals surface area contributed by atoms with Gasteiger partial charge in [-0.1, -0.05) is 72.1 Å². The minimum absolute atomic E-state index is 0.133. The fourth-order valence-electron chi connectivity index (χ4n) is 6.69. The minimum Gasteiger partial charge on any atom is -0.302 e. The van der Waals surface area contributed by atoms with Crippen LogP contribution in [-0.4, -0.2) is 63.3 Å². The zero-order valence-corrected chi connectivity index (χ0v) is 19.7. The van der Waals surface area contributed by atoms with Gasteiger partial charge in [-0.2, -0.15) is 0 Å². The van der Waals surface area contributed by atoms with Gasteiger partial charge in [0.25, 0.3) is 11.8 Å². The van der Waals surface area contributed by atoms with Crippen LogP contribution in [0.15, 0.2) is 58.3 Å². The lowest BCUT2D eigenvalue weighted by Crippen LogP contribution is -2.74. The van der Waals surface area contributed by atoms with Crippen LogP contribution in [0.25, 0.3) is 0 Å². The first-order chi connectivity index (χ1) is 16.3. The van der Waals surface area contributed by atoms with Crippen molar-refractivity contribution in [1.82, 2.24) is 9.80 Å². The Morgan fingerprint density at radius 3 is 1.85 bits per heavy atom. The molecule has 8 rings (SSSR count). The number of carbonyl (C=O) groups excluding carboxylic acids is 5. The van der Waals surface area contributed by atoms with E-state index in [0.29, 0.717) is 11.1 Å². The molecule has 3 aliphatic heterocycles. The van der Waals surface area contributed by atoms with E-state index in [9.17, 15) is 24.0 Å². The molecule has 6 aliphatic rings. The van der Waals surface area contributed by atoms with Crippen molar-refractivity contribution >= 4 is 53.4 Å². The van der Waals surface area contributed by atoms with Crippen molar-refractivity contribution in [2.75, 3.05) is 14.1 Å². The molecule has 2 aromatic rings. The first-order valence-electron chi connectivity index (χ1n) is 10.7. The smallest absolute Gasteiger partial charge is 0.268 e. The highest BCUT2D eigenvalue weighted by Gasteiger charge is 2.87. The van der Waals surface area contributed by atoms with Crippen LogP contribution in [0.2, 0.25) is 0 Å². The van der Waals surface area contributed by atoms with E-state index in [4.69, 9.17) is 0 Å². The summed E-state index contributed by atoms with van der Waals surface area (Å²) in [5, 5.41) is 0. The Morgan fingerprint density at radius 1 is 0.765 bits per heavy atom. The number of amides is 4. The van der Waals surface area contributed by atoms with Gasteiger partial charge in [-0.3, -0.25) is 29.0 Å². The number of benzene rings is 2. The molecule has 7 nitrogen and oxygen atoms in total. The lowest BCUT2D eigenvalue weighted by molar-refractivity contribution is -0.138. The maximum Gasteiger partial charge on any atom is 0.268 e. The predicted octanol–water partition coefficient (Wildman–Crippen LogP) is 1.80. The fourth-order valence-corrected chi connectivity index (χ4v) is 10.6. The maximum absolute atomic E-state index is 14.2. The minimum atomic E-state index is -1.65. The molecule has 34 heavy (non-hydrogen) atoms. The molecule has 0 N–H and O–H groups in total. The Hall–Kier alpha value is -3.17. The second-order valence-corrected chi connectivity index (χ2v) is 11.6. The molecule has 4 amide bonds. The third kappa shape index (κ3) is 1.66. The Labute approximate surface area is 202 Å². The van der Waals surface area contributed by atoms with E-state index in [0.717, 1.165) is 50.7 Å². The quantitative estimate of drug-likeness (QED) is 0.447. The number of nitrogens with zero attached hydrogens (tertiary/aromatic N) is 2. The zero-order chi connectivity index (χ0) is 23.8. The summed E-state index contributed by atoms with van der Waals surface area (Å²) in [5.41, 5.74) is 1.41. The Balaban J connectivity index is 1.71. The lowest BCUT2D eigenvalue weighted by atomic mass is 9.46. The van der Waals surface area contributed by atoms with Crippen LogP contribution in [-0.2, 0) is 29.4 Å².